The van der Waals surface area contributed by atoms with Crippen LogP contribution in [0.4, 0.5) is 5.69 Å². The van der Waals surface area contributed by atoms with E-state index in [-0.39, 0.29) is 11.8 Å². The number of anilines is 1. The quantitative estimate of drug-likeness (QED) is 0.862. The van der Waals surface area contributed by atoms with Crippen molar-refractivity contribution >= 4 is 17.6 Å². The molecule has 1 amide bonds. The minimum absolute atomic E-state index is 0.0553. The summed E-state index contributed by atoms with van der Waals surface area (Å²) in [6, 6.07) is 6.90. The van der Waals surface area contributed by atoms with Gasteiger partial charge in [0.05, 0.1) is 5.41 Å². The van der Waals surface area contributed by atoms with Gasteiger partial charge in [-0.25, -0.2) is 0 Å². The van der Waals surface area contributed by atoms with Crippen LogP contribution in [0.3, 0.4) is 0 Å². The molecule has 0 radical (unpaired) electrons. The monoisotopic (exact) mass is 249 g/mol. The Balaban J connectivity index is 2.87. The molecule has 2 N–H and O–H groups in total. The second-order valence-corrected chi connectivity index (χ2v) is 5.15. The Morgan fingerprint density at radius 2 is 1.67 bits per heavy atom. The van der Waals surface area contributed by atoms with Gasteiger partial charge in [-0.05, 0) is 31.5 Å². The number of amides is 1. The molecule has 4 nitrogen and oxygen atoms in total. The van der Waals surface area contributed by atoms with Crippen LogP contribution in [-0.4, -0.2) is 17.0 Å². The fourth-order valence-corrected chi connectivity index (χ4v) is 1.38. The maximum Gasteiger partial charge on any atom is 0.313 e. The molecule has 0 heterocycles. The van der Waals surface area contributed by atoms with E-state index in [9.17, 15) is 9.59 Å². The summed E-state index contributed by atoms with van der Waals surface area (Å²) < 4.78 is 0. The highest BCUT2D eigenvalue weighted by Gasteiger charge is 2.29. The van der Waals surface area contributed by atoms with Crippen LogP contribution in [0, 0.1) is 5.92 Å². The van der Waals surface area contributed by atoms with Crippen molar-refractivity contribution in [3.05, 3.63) is 29.8 Å². The van der Waals surface area contributed by atoms with Gasteiger partial charge in [0.2, 0.25) is 5.91 Å². The van der Waals surface area contributed by atoms with Crippen LogP contribution in [0.5, 0.6) is 0 Å². The molecule has 18 heavy (non-hydrogen) atoms. The number of benzene rings is 1. The number of carboxylic acid groups (broad SMARTS) is 1. The van der Waals surface area contributed by atoms with Gasteiger partial charge in [-0.2, -0.15) is 0 Å². The number of rotatable bonds is 4. The molecule has 4 heteroatoms. The van der Waals surface area contributed by atoms with E-state index in [4.69, 9.17) is 5.11 Å². The van der Waals surface area contributed by atoms with Gasteiger partial charge in [0.15, 0.2) is 0 Å². The fourth-order valence-electron chi connectivity index (χ4n) is 1.38. The van der Waals surface area contributed by atoms with Crippen molar-refractivity contribution in [3.8, 4) is 0 Å². The molecular formula is C14H19NO3. The van der Waals surface area contributed by atoms with Crippen molar-refractivity contribution in [2.45, 2.75) is 33.1 Å². The zero-order valence-electron chi connectivity index (χ0n) is 11.2. The molecule has 0 aliphatic carbocycles. The van der Waals surface area contributed by atoms with Crippen molar-refractivity contribution in [1.82, 2.24) is 0 Å². The second-order valence-electron chi connectivity index (χ2n) is 5.15. The second kappa shape index (κ2) is 5.21. The average Bonchev–Trinajstić information content (AvgIpc) is 2.29. The Labute approximate surface area is 107 Å². The van der Waals surface area contributed by atoms with Gasteiger partial charge >= 0.3 is 5.97 Å². The van der Waals surface area contributed by atoms with Gasteiger partial charge in [-0.1, -0.05) is 26.0 Å². The molecule has 98 valence electrons. The van der Waals surface area contributed by atoms with E-state index >= 15 is 0 Å². The summed E-state index contributed by atoms with van der Waals surface area (Å²) in [6.45, 7) is 6.93. The van der Waals surface area contributed by atoms with Crippen molar-refractivity contribution in [2.24, 2.45) is 5.92 Å². The van der Waals surface area contributed by atoms with Crippen LogP contribution in [0.2, 0.25) is 0 Å². The molecule has 1 aromatic carbocycles. The number of carbonyl (C=O) groups is 2. The van der Waals surface area contributed by atoms with E-state index in [1.54, 1.807) is 38.1 Å². The Morgan fingerprint density at radius 1 is 1.17 bits per heavy atom. The zero-order valence-corrected chi connectivity index (χ0v) is 11.2. The average molecular weight is 249 g/mol. The van der Waals surface area contributed by atoms with E-state index in [1.807, 2.05) is 13.8 Å². The van der Waals surface area contributed by atoms with Crippen LogP contribution >= 0.6 is 0 Å². The van der Waals surface area contributed by atoms with E-state index in [0.29, 0.717) is 11.3 Å². The van der Waals surface area contributed by atoms with Crippen molar-refractivity contribution in [1.29, 1.82) is 0 Å². The molecule has 0 atom stereocenters. The first-order valence-electron chi connectivity index (χ1n) is 5.90. The summed E-state index contributed by atoms with van der Waals surface area (Å²) >= 11 is 0. The summed E-state index contributed by atoms with van der Waals surface area (Å²) in [4.78, 5) is 22.6. The summed E-state index contributed by atoms with van der Waals surface area (Å²) in [6.07, 6.45) is 0. The minimum Gasteiger partial charge on any atom is -0.481 e. The molecule has 1 aromatic rings. The van der Waals surface area contributed by atoms with Crippen molar-refractivity contribution in [2.75, 3.05) is 5.32 Å². The first-order valence-corrected chi connectivity index (χ1v) is 5.90. The zero-order chi connectivity index (χ0) is 13.9. The van der Waals surface area contributed by atoms with E-state index in [0.717, 1.165) is 0 Å². The first-order chi connectivity index (χ1) is 8.25. The number of carbonyl (C=O) groups excluding carboxylic acids is 1. The number of nitrogens with one attached hydrogen (secondary N) is 1. The van der Waals surface area contributed by atoms with Crippen molar-refractivity contribution < 1.29 is 14.7 Å². The van der Waals surface area contributed by atoms with E-state index in [1.165, 1.54) is 0 Å². The molecule has 0 aromatic heterocycles. The maximum atomic E-state index is 11.5. The lowest BCUT2D eigenvalue weighted by Gasteiger charge is -2.20. The van der Waals surface area contributed by atoms with Gasteiger partial charge in [-0.15, -0.1) is 0 Å². The van der Waals surface area contributed by atoms with E-state index in [2.05, 4.69) is 5.32 Å². The van der Waals surface area contributed by atoms with Gasteiger partial charge in [0, 0.05) is 11.6 Å². The SMILES string of the molecule is CC(C)C(=O)Nc1ccc(C(C)(C)C(=O)O)cc1. The summed E-state index contributed by atoms with van der Waals surface area (Å²) in [5.41, 5.74) is 0.455. The molecule has 0 unspecified atom stereocenters. The molecule has 0 saturated heterocycles. The van der Waals surface area contributed by atoms with Gasteiger partial charge < -0.3 is 10.4 Å². The third-order valence-corrected chi connectivity index (χ3v) is 2.93. The molecule has 0 fully saturated rings. The van der Waals surface area contributed by atoms with Gasteiger partial charge in [-0.3, -0.25) is 9.59 Å². The Morgan fingerprint density at radius 3 is 2.06 bits per heavy atom. The molecule has 0 saturated carbocycles. The van der Waals surface area contributed by atoms with Crippen LogP contribution in [-0.2, 0) is 15.0 Å². The highest BCUT2D eigenvalue weighted by Crippen LogP contribution is 2.24. The van der Waals surface area contributed by atoms with Gasteiger partial charge in [0.1, 0.15) is 0 Å². The normalized spacial score (nSPS) is 11.4. The molecule has 0 spiro atoms. The lowest BCUT2D eigenvalue weighted by atomic mass is 9.85. The smallest absolute Gasteiger partial charge is 0.313 e. The summed E-state index contributed by atoms with van der Waals surface area (Å²) in [7, 11) is 0. The van der Waals surface area contributed by atoms with Crippen LogP contribution in [0.1, 0.15) is 33.3 Å². The third kappa shape index (κ3) is 3.09. The van der Waals surface area contributed by atoms with Crippen LogP contribution < -0.4 is 5.32 Å². The highest BCUT2D eigenvalue weighted by molar-refractivity contribution is 5.92. The Kier molecular flexibility index (Phi) is 4.11. The molecule has 1 rings (SSSR count). The van der Waals surface area contributed by atoms with E-state index < -0.39 is 11.4 Å². The third-order valence-electron chi connectivity index (χ3n) is 2.93. The molecule has 0 aliphatic rings. The predicted molar refractivity (Wildman–Crippen MR) is 70.6 cm³/mol. The largest absolute Gasteiger partial charge is 0.481 e. The summed E-state index contributed by atoms with van der Waals surface area (Å²) in [5, 5.41) is 11.9. The summed E-state index contributed by atoms with van der Waals surface area (Å²) in [5.74, 6) is -1.01. The van der Waals surface area contributed by atoms with Crippen LogP contribution in [0.25, 0.3) is 0 Å². The fraction of sp³-hybridized carbons (Fsp3) is 0.429. The topological polar surface area (TPSA) is 66.4 Å². The van der Waals surface area contributed by atoms with Gasteiger partial charge in [0.25, 0.3) is 0 Å². The lowest BCUT2D eigenvalue weighted by Crippen LogP contribution is -2.28. The van der Waals surface area contributed by atoms with Crippen LogP contribution in [0.15, 0.2) is 24.3 Å². The molecule has 0 aliphatic heterocycles. The number of hydrogen-bond donors (Lipinski definition) is 2. The molecule has 0 bridgehead atoms. The standard InChI is InChI=1S/C14H19NO3/c1-9(2)12(16)15-11-7-5-10(6-8-11)14(3,4)13(17)18/h5-9H,1-4H3,(H,15,16)(H,17,18). The maximum absolute atomic E-state index is 11.5. The first kappa shape index (κ1) is 14.2. The number of aliphatic carboxylic acids is 1. The van der Waals surface area contributed by atoms with Crippen molar-refractivity contribution in [3.63, 3.8) is 0 Å². The highest BCUT2D eigenvalue weighted by atomic mass is 16.4. The number of hydrogen-bond acceptors (Lipinski definition) is 2. The lowest BCUT2D eigenvalue weighted by molar-refractivity contribution is -0.142. The Bertz CT molecular complexity index is 447. The number of carboxylic acids is 1. The minimum atomic E-state index is -0.930. The Hall–Kier alpha value is -1.84. The molecular weight excluding hydrogens is 230 g/mol. The predicted octanol–water partition coefficient (Wildman–Crippen LogP) is 2.64.